The Morgan fingerprint density at radius 2 is 2.10 bits per heavy atom. The molecule has 3 aliphatic rings. The predicted molar refractivity (Wildman–Crippen MR) is 110 cm³/mol. The highest BCUT2D eigenvalue weighted by Gasteiger charge is 2.67. The molecule has 0 aromatic carbocycles. The fourth-order valence-corrected chi connectivity index (χ4v) is 6.49. The average molecular weight is 430 g/mol. The zero-order valence-electron chi connectivity index (χ0n) is 18.3. The van der Waals surface area contributed by atoms with Crippen LogP contribution in [0.5, 0.6) is 0 Å². The molecule has 168 valence electrons. The van der Waals surface area contributed by atoms with Gasteiger partial charge in [0.15, 0.2) is 5.78 Å². The second-order valence-corrected chi connectivity index (χ2v) is 9.55. The van der Waals surface area contributed by atoms with Crippen molar-refractivity contribution in [2.24, 2.45) is 28.6 Å². The fourth-order valence-electron chi connectivity index (χ4n) is 6.49. The van der Waals surface area contributed by atoms with Crippen LogP contribution in [0.15, 0.2) is 35.7 Å². The number of ketones is 1. The summed E-state index contributed by atoms with van der Waals surface area (Å²) in [4.78, 5) is 39.7. The van der Waals surface area contributed by atoms with Gasteiger partial charge in [0.2, 0.25) is 0 Å². The van der Waals surface area contributed by atoms with Crippen molar-refractivity contribution >= 4 is 17.7 Å². The quantitative estimate of drug-likeness (QED) is 0.520. The summed E-state index contributed by atoms with van der Waals surface area (Å²) >= 11 is 0. The van der Waals surface area contributed by atoms with E-state index in [1.165, 1.54) is 7.11 Å². The molecular weight excluding hydrogens is 400 g/mol. The van der Waals surface area contributed by atoms with Gasteiger partial charge in [0.05, 0.1) is 38.1 Å². The minimum atomic E-state index is -0.735. The summed E-state index contributed by atoms with van der Waals surface area (Å²) in [7, 11) is 1.37. The van der Waals surface area contributed by atoms with Crippen molar-refractivity contribution in [1.82, 2.24) is 0 Å². The van der Waals surface area contributed by atoms with Crippen LogP contribution in [0.25, 0.3) is 0 Å². The first-order valence-electron chi connectivity index (χ1n) is 10.8. The number of carbonyl (C=O) groups is 3. The third-order valence-electron chi connectivity index (χ3n) is 7.92. The highest BCUT2D eigenvalue weighted by Crippen LogP contribution is 2.65. The smallest absolute Gasteiger partial charge is 0.310 e. The van der Waals surface area contributed by atoms with E-state index in [4.69, 9.17) is 18.6 Å². The monoisotopic (exact) mass is 430 g/mol. The number of Topliss-reactive ketones (excluding diaryl/α,β-unsaturated/α-hetero) is 1. The summed E-state index contributed by atoms with van der Waals surface area (Å²) in [5.74, 6) is -2.10. The predicted octanol–water partition coefficient (Wildman–Crippen LogP) is 3.64. The molecule has 1 saturated heterocycles. The maximum Gasteiger partial charge on any atom is 0.310 e. The minimum absolute atomic E-state index is 0.0441. The van der Waals surface area contributed by atoms with Gasteiger partial charge in [0.25, 0.3) is 0 Å². The second-order valence-electron chi connectivity index (χ2n) is 9.55. The first kappa shape index (κ1) is 21.8. The molecule has 1 aromatic heterocycles. The molecule has 2 saturated carbocycles. The van der Waals surface area contributed by atoms with Crippen LogP contribution in [0.3, 0.4) is 0 Å². The topological polar surface area (TPSA) is 92.0 Å². The highest BCUT2D eigenvalue weighted by atomic mass is 16.5. The molecule has 2 aliphatic carbocycles. The molecule has 0 amide bonds. The van der Waals surface area contributed by atoms with Gasteiger partial charge < -0.3 is 18.6 Å². The molecule has 1 unspecified atom stereocenters. The van der Waals surface area contributed by atoms with Crippen molar-refractivity contribution < 1.29 is 33.0 Å². The molecule has 1 aromatic rings. The average Bonchev–Trinajstić information content (AvgIpc) is 3.26. The van der Waals surface area contributed by atoms with Gasteiger partial charge in [-0.25, -0.2) is 0 Å². The first-order valence-corrected chi connectivity index (χ1v) is 10.8. The van der Waals surface area contributed by atoms with Gasteiger partial charge >= 0.3 is 11.9 Å². The first-order chi connectivity index (χ1) is 14.8. The number of carbonyl (C=O) groups excluding carboxylic acids is 3. The Morgan fingerprint density at radius 1 is 1.32 bits per heavy atom. The lowest BCUT2D eigenvalue weighted by molar-refractivity contribution is -0.209. The van der Waals surface area contributed by atoms with Crippen LogP contribution >= 0.6 is 0 Å². The summed E-state index contributed by atoms with van der Waals surface area (Å²) in [5.41, 5.74) is -0.529. The van der Waals surface area contributed by atoms with Crippen LogP contribution in [-0.4, -0.2) is 37.5 Å². The third-order valence-corrected chi connectivity index (χ3v) is 7.92. The minimum Gasteiger partial charge on any atom is -0.472 e. The Labute approximate surface area is 182 Å². The lowest BCUT2D eigenvalue weighted by atomic mass is 9.43. The van der Waals surface area contributed by atoms with Crippen molar-refractivity contribution in [3.63, 3.8) is 0 Å². The number of hydrogen-bond donors (Lipinski definition) is 0. The van der Waals surface area contributed by atoms with Gasteiger partial charge in [-0.1, -0.05) is 19.9 Å². The van der Waals surface area contributed by atoms with E-state index in [9.17, 15) is 14.4 Å². The molecule has 0 bridgehead atoms. The van der Waals surface area contributed by atoms with E-state index in [2.05, 4.69) is 6.58 Å². The zero-order chi connectivity index (χ0) is 22.4. The van der Waals surface area contributed by atoms with Crippen LogP contribution < -0.4 is 0 Å². The second kappa shape index (κ2) is 7.93. The fraction of sp³-hybridized carbons (Fsp3) is 0.625. The lowest BCUT2D eigenvalue weighted by Gasteiger charge is -2.61. The number of cyclic esters (lactones) is 1. The van der Waals surface area contributed by atoms with Gasteiger partial charge in [-0.2, -0.15) is 0 Å². The van der Waals surface area contributed by atoms with Crippen molar-refractivity contribution in [3.8, 4) is 0 Å². The largest absolute Gasteiger partial charge is 0.472 e. The van der Waals surface area contributed by atoms with Gasteiger partial charge in [-0.05, 0) is 42.6 Å². The van der Waals surface area contributed by atoms with Crippen LogP contribution in [0.1, 0.15) is 51.2 Å². The van der Waals surface area contributed by atoms with E-state index in [1.54, 1.807) is 24.7 Å². The molecule has 0 radical (unpaired) electrons. The Kier molecular flexibility index (Phi) is 5.58. The van der Waals surface area contributed by atoms with E-state index in [0.717, 1.165) is 5.56 Å². The number of esters is 2. The maximum atomic E-state index is 13.8. The van der Waals surface area contributed by atoms with E-state index in [0.29, 0.717) is 19.3 Å². The van der Waals surface area contributed by atoms with Gasteiger partial charge in [-0.3, -0.25) is 14.4 Å². The third kappa shape index (κ3) is 3.34. The van der Waals surface area contributed by atoms with Crippen molar-refractivity contribution in [1.29, 1.82) is 0 Å². The number of furan rings is 1. The van der Waals surface area contributed by atoms with Crippen molar-refractivity contribution in [2.45, 2.75) is 51.7 Å². The SMILES string of the molecule is C=CCO[C@H]1C[C@@H](C(=O)OC)[C@]2(C)CC[C@H]3C(=O)O[C@H](c4ccoc4)C[C@]3(C)C2C1=O. The van der Waals surface area contributed by atoms with Gasteiger partial charge in [-0.15, -0.1) is 6.58 Å². The lowest BCUT2D eigenvalue weighted by Crippen LogP contribution is -2.64. The summed E-state index contributed by atoms with van der Waals surface area (Å²) in [6.07, 6.45) is 5.38. The zero-order valence-corrected chi connectivity index (χ0v) is 18.3. The van der Waals surface area contributed by atoms with E-state index in [1.807, 2.05) is 13.8 Å². The van der Waals surface area contributed by atoms with E-state index >= 15 is 0 Å². The Bertz CT molecular complexity index is 874. The van der Waals surface area contributed by atoms with Crippen LogP contribution in [0, 0.1) is 28.6 Å². The van der Waals surface area contributed by atoms with Gasteiger partial charge in [0.1, 0.15) is 12.2 Å². The van der Waals surface area contributed by atoms with Crippen molar-refractivity contribution in [2.75, 3.05) is 13.7 Å². The Balaban J connectivity index is 1.78. The molecule has 3 fully saturated rings. The maximum absolute atomic E-state index is 13.8. The highest BCUT2D eigenvalue weighted by molar-refractivity contribution is 5.92. The number of fused-ring (bicyclic) bond motifs is 3. The molecule has 7 atom stereocenters. The van der Waals surface area contributed by atoms with Crippen LogP contribution in [0.4, 0.5) is 0 Å². The normalized spacial score (nSPS) is 39.8. The Morgan fingerprint density at radius 3 is 2.74 bits per heavy atom. The molecule has 0 spiro atoms. The Hall–Kier alpha value is -2.41. The summed E-state index contributed by atoms with van der Waals surface area (Å²) < 4.78 is 21.9. The molecule has 1 aliphatic heterocycles. The number of rotatable bonds is 5. The molecule has 0 N–H and O–H groups in total. The number of hydrogen-bond acceptors (Lipinski definition) is 7. The summed E-state index contributed by atoms with van der Waals surface area (Å²) in [6, 6.07) is 1.78. The summed E-state index contributed by atoms with van der Waals surface area (Å²) in [5, 5.41) is 0. The number of ether oxygens (including phenoxy) is 3. The molecule has 7 nitrogen and oxygen atoms in total. The van der Waals surface area contributed by atoms with Crippen molar-refractivity contribution in [3.05, 3.63) is 36.8 Å². The van der Waals surface area contributed by atoms with Crippen LogP contribution in [0.2, 0.25) is 0 Å². The standard InChI is InChI=1S/C24H30O7/c1-5-9-30-17-11-16(21(26)28-4)23(2)8-6-15-22(27)31-18(14-7-10-29-13-14)12-24(15,3)20(23)19(17)25/h5,7,10,13,15-18,20H,1,6,8-9,11-12H2,2-4H3/t15-,16-,17-,18-,20?,23-,24-/m0/s1. The molecule has 31 heavy (non-hydrogen) atoms. The van der Waals surface area contributed by atoms with E-state index in [-0.39, 0.29) is 30.7 Å². The molecule has 7 heteroatoms. The van der Waals surface area contributed by atoms with Crippen LogP contribution in [-0.2, 0) is 28.6 Å². The van der Waals surface area contributed by atoms with Gasteiger partial charge in [0, 0.05) is 11.5 Å². The summed E-state index contributed by atoms with van der Waals surface area (Å²) in [6.45, 7) is 7.87. The number of methoxy groups -OCH3 is 1. The van der Waals surface area contributed by atoms with E-state index < -0.39 is 40.8 Å². The molecule has 2 heterocycles. The molecular formula is C24H30O7. The molecule has 4 rings (SSSR count).